The molecule has 1 fully saturated rings. The van der Waals surface area contributed by atoms with Crippen molar-refractivity contribution in [3.8, 4) is 0 Å². The summed E-state index contributed by atoms with van der Waals surface area (Å²) in [6, 6.07) is 5.01. The zero-order valence-electron chi connectivity index (χ0n) is 9.72. The van der Waals surface area contributed by atoms with Gasteiger partial charge in [0.25, 0.3) is 0 Å². The van der Waals surface area contributed by atoms with Crippen molar-refractivity contribution in [3.05, 3.63) is 28.2 Å². The molecule has 1 aliphatic rings. The van der Waals surface area contributed by atoms with Crippen LogP contribution in [0.2, 0.25) is 0 Å². The molecule has 1 aliphatic heterocycles. The first-order chi connectivity index (χ1) is 8.49. The van der Waals surface area contributed by atoms with Crippen molar-refractivity contribution in [1.29, 1.82) is 0 Å². The second kappa shape index (κ2) is 4.97. The van der Waals surface area contributed by atoms with Gasteiger partial charge in [-0.2, -0.15) is 0 Å². The number of anilines is 1. The average Bonchev–Trinajstić information content (AvgIpc) is 2.60. The molecule has 0 aromatic heterocycles. The number of hydrogen-bond donors (Lipinski definition) is 1. The first kappa shape index (κ1) is 12.9. The number of nitrogens with zero attached hydrogens (tertiary/aromatic N) is 1. The highest BCUT2D eigenvalue weighted by molar-refractivity contribution is 9.10. The first-order valence-electron chi connectivity index (χ1n) is 5.43. The fourth-order valence-corrected chi connectivity index (χ4v) is 2.47. The molecule has 1 saturated heterocycles. The van der Waals surface area contributed by atoms with Crippen molar-refractivity contribution in [2.24, 2.45) is 0 Å². The van der Waals surface area contributed by atoms with E-state index in [1.54, 1.807) is 6.07 Å². The van der Waals surface area contributed by atoms with Crippen LogP contribution >= 0.6 is 15.9 Å². The Labute approximate surface area is 112 Å². The second-order valence-corrected chi connectivity index (χ2v) is 5.05. The Kier molecular flexibility index (Phi) is 3.56. The summed E-state index contributed by atoms with van der Waals surface area (Å²) in [7, 11) is 0. The number of hydrogen-bond acceptors (Lipinski definition) is 3. The number of amides is 1. The number of ether oxygens (including phenoxy) is 1. The van der Waals surface area contributed by atoms with Crippen LogP contribution in [0.1, 0.15) is 12.0 Å². The minimum absolute atomic E-state index is 0.112. The molecule has 0 spiro atoms. The van der Waals surface area contributed by atoms with Crippen LogP contribution in [0.5, 0.6) is 0 Å². The Balaban J connectivity index is 2.33. The molecule has 0 aliphatic carbocycles. The molecular formula is C12H12BrNO4. The molecule has 2 rings (SSSR count). The number of aryl methyl sites for hydroxylation is 1. The minimum Gasteiger partial charge on any atom is -0.481 e. The molecule has 1 atom stereocenters. The van der Waals surface area contributed by atoms with Crippen LogP contribution in [0.3, 0.4) is 0 Å². The largest absolute Gasteiger partial charge is 0.481 e. The molecule has 96 valence electrons. The molecule has 0 radical (unpaired) electrons. The quantitative estimate of drug-likeness (QED) is 0.931. The number of carboxylic acid groups (broad SMARTS) is 1. The minimum atomic E-state index is -0.946. The molecule has 1 aromatic rings. The van der Waals surface area contributed by atoms with Crippen LogP contribution in [-0.2, 0) is 9.53 Å². The third-order valence-corrected chi connectivity index (χ3v) is 3.28. The number of aliphatic carboxylic acids is 1. The van der Waals surface area contributed by atoms with E-state index in [2.05, 4.69) is 15.9 Å². The number of carboxylic acids is 1. The summed E-state index contributed by atoms with van der Waals surface area (Å²) >= 11 is 3.35. The van der Waals surface area contributed by atoms with Gasteiger partial charge in [-0.05, 0) is 30.7 Å². The van der Waals surface area contributed by atoms with Gasteiger partial charge in [-0.1, -0.05) is 15.9 Å². The molecule has 1 unspecified atom stereocenters. The van der Waals surface area contributed by atoms with E-state index in [0.29, 0.717) is 5.69 Å². The molecule has 5 nitrogen and oxygen atoms in total. The predicted molar refractivity (Wildman–Crippen MR) is 68.7 cm³/mol. The zero-order chi connectivity index (χ0) is 13.3. The van der Waals surface area contributed by atoms with Gasteiger partial charge in [0.15, 0.2) is 0 Å². The van der Waals surface area contributed by atoms with Gasteiger partial charge in [0.2, 0.25) is 0 Å². The maximum absolute atomic E-state index is 11.7. The van der Waals surface area contributed by atoms with Crippen molar-refractivity contribution in [3.63, 3.8) is 0 Å². The van der Waals surface area contributed by atoms with Crippen molar-refractivity contribution in [2.45, 2.75) is 19.4 Å². The lowest BCUT2D eigenvalue weighted by atomic mass is 10.1. The topological polar surface area (TPSA) is 66.8 Å². The van der Waals surface area contributed by atoms with Crippen molar-refractivity contribution < 1.29 is 19.4 Å². The number of cyclic esters (lactones) is 1. The Morgan fingerprint density at radius 3 is 2.94 bits per heavy atom. The Morgan fingerprint density at radius 2 is 2.33 bits per heavy atom. The van der Waals surface area contributed by atoms with Gasteiger partial charge in [0.05, 0.1) is 18.2 Å². The number of carbonyl (C=O) groups is 2. The van der Waals surface area contributed by atoms with Gasteiger partial charge >= 0.3 is 12.1 Å². The number of carbonyl (C=O) groups excluding carboxylic acids is 1. The fraction of sp³-hybridized carbons (Fsp3) is 0.333. The highest BCUT2D eigenvalue weighted by Gasteiger charge is 2.36. The van der Waals surface area contributed by atoms with Gasteiger partial charge in [-0.15, -0.1) is 0 Å². The van der Waals surface area contributed by atoms with E-state index >= 15 is 0 Å². The fourth-order valence-electron chi connectivity index (χ4n) is 2.00. The van der Waals surface area contributed by atoms with Crippen LogP contribution < -0.4 is 4.90 Å². The van der Waals surface area contributed by atoms with E-state index in [9.17, 15) is 9.59 Å². The first-order valence-corrected chi connectivity index (χ1v) is 6.22. The second-order valence-electron chi connectivity index (χ2n) is 4.13. The monoisotopic (exact) mass is 313 g/mol. The van der Waals surface area contributed by atoms with Gasteiger partial charge in [0.1, 0.15) is 6.61 Å². The molecule has 18 heavy (non-hydrogen) atoms. The SMILES string of the molecule is Cc1cc(Br)ccc1N1C(=O)OCC1CC(=O)O. The van der Waals surface area contributed by atoms with Crippen LogP contribution in [0.4, 0.5) is 10.5 Å². The van der Waals surface area contributed by atoms with E-state index in [0.717, 1.165) is 10.0 Å². The summed E-state index contributed by atoms with van der Waals surface area (Å²) in [6.07, 6.45) is -0.618. The standard InChI is InChI=1S/C12H12BrNO4/c1-7-4-8(13)2-3-10(7)14-9(5-11(15)16)6-18-12(14)17/h2-4,9H,5-6H2,1H3,(H,15,16). The highest BCUT2D eigenvalue weighted by Crippen LogP contribution is 2.29. The predicted octanol–water partition coefficient (Wildman–Crippen LogP) is 2.56. The lowest BCUT2D eigenvalue weighted by Crippen LogP contribution is -2.35. The molecule has 0 bridgehead atoms. The summed E-state index contributed by atoms with van der Waals surface area (Å²) in [5.74, 6) is -0.946. The van der Waals surface area contributed by atoms with Gasteiger partial charge in [-0.3, -0.25) is 9.69 Å². The summed E-state index contributed by atoms with van der Waals surface area (Å²) in [4.78, 5) is 23.9. The van der Waals surface area contributed by atoms with Gasteiger partial charge < -0.3 is 9.84 Å². The van der Waals surface area contributed by atoms with Crippen molar-refractivity contribution >= 4 is 33.7 Å². The number of benzene rings is 1. The summed E-state index contributed by atoms with van der Waals surface area (Å²) in [5.41, 5.74) is 1.57. The van der Waals surface area contributed by atoms with E-state index in [1.807, 2.05) is 19.1 Å². The van der Waals surface area contributed by atoms with Crippen molar-refractivity contribution in [1.82, 2.24) is 0 Å². The van der Waals surface area contributed by atoms with Gasteiger partial charge in [0, 0.05) is 4.47 Å². The average molecular weight is 314 g/mol. The Bertz CT molecular complexity index is 503. The van der Waals surface area contributed by atoms with E-state index in [1.165, 1.54) is 4.90 Å². The molecule has 6 heteroatoms. The Morgan fingerprint density at radius 1 is 1.61 bits per heavy atom. The molecular weight excluding hydrogens is 302 g/mol. The van der Waals surface area contributed by atoms with Crippen LogP contribution in [0.15, 0.2) is 22.7 Å². The van der Waals surface area contributed by atoms with E-state index < -0.39 is 18.1 Å². The zero-order valence-corrected chi connectivity index (χ0v) is 11.3. The van der Waals surface area contributed by atoms with Crippen molar-refractivity contribution in [2.75, 3.05) is 11.5 Å². The summed E-state index contributed by atoms with van der Waals surface area (Å²) in [5, 5.41) is 8.84. The maximum atomic E-state index is 11.7. The van der Waals surface area contributed by atoms with E-state index in [4.69, 9.17) is 9.84 Å². The van der Waals surface area contributed by atoms with Crippen LogP contribution in [0.25, 0.3) is 0 Å². The highest BCUT2D eigenvalue weighted by atomic mass is 79.9. The van der Waals surface area contributed by atoms with Crippen LogP contribution in [0, 0.1) is 6.92 Å². The summed E-state index contributed by atoms with van der Waals surface area (Å²) in [6.45, 7) is 1.98. The summed E-state index contributed by atoms with van der Waals surface area (Å²) < 4.78 is 5.84. The normalized spacial score (nSPS) is 18.9. The smallest absolute Gasteiger partial charge is 0.414 e. The maximum Gasteiger partial charge on any atom is 0.414 e. The molecule has 1 aromatic carbocycles. The molecule has 1 amide bonds. The molecule has 0 saturated carbocycles. The lowest BCUT2D eigenvalue weighted by molar-refractivity contribution is -0.137. The number of rotatable bonds is 3. The van der Waals surface area contributed by atoms with E-state index in [-0.39, 0.29) is 13.0 Å². The third-order valence-electron chi connectivity index (χ3n) is 2.79. The molecule has 1 heterocycles. The number of halogens is 1. The Hall–Kier alpha value is -1.56. The lowest BCUT2D eigenvalue weighted by Gasteiger charge is -2.22. The third kappa shape index (κ3) is 2.48. The van der Waals surface area contributed by atoms with Crippen LogP contribution in [-0.4, -0.2) is 29.8 Å². The molecule has 1 N–H and O–H groups in total. The van der Waals surface area contributed by atoms with Gasteiger partial charge in [-0.25, -0.2) is 4.79 Å².